The van der Waals surface area contributed by atoms with Crippen LogP contribution in [-0.2, 0) is 10.2 Å². The van der Waals surface area contributed by atoms with E-state index < -0.39 is 11.4 Å². The Labute approximate surface area is 93.2 Å². The molecule has 1 aromatic heterocycles. The molecule has 1 heterocycles. The van der Waals surface area contributed by atoms with Crippen molar-refractivity contribution in [2.24, 2.45) is 0 Å². The fraction of sp³-hybridized carbons (Fsp3) is 0.636. The minimum atomic E-state index is -0.714. The zero-order chi connectivity index (χ0) is 11.1. The van der Waals surface area contributed by atoms with Gasteiger partial charge in [0.2, 0.25) is 0 Å². The van der Waals surface area contributed by atoms with E-state index in [9.17, 15) is 9.90 Å². The Morgan fingerprint density at radius 1 is 1.60 bits per heavy atom. The average Bonchev–Trinajstić information content (AvgIpc) is 2.50. The molecule has 0 unspecified atom stereocenters. The van der Waals surface area contributed by atoms with Crippen molar-refractivity contribution in [2.75, 3.05) is 0 Å². The molecule has 1 saturated carbocycles. The van der Waals surface area contributed by atoms with E-state index in [2.05, 4.69) is 18.8 Å². The van der Waals surface area contributed by atoms with Crippen molar-refractivity contribution in [1.29, 1.82) is 0 Å². The third-order valence-corrected chi connectivity index (χ3v) is 4.27. The SMILES string of the molecule is CC(C)c1nc(C2(C(=O)O)CCC2)cs1. The van der Waals surface area contributed by atoms with Gasteiger partial charge in [-0.1, -0.05) is 20.3 Å². The lowest BCUT2D eigenvalue weighted by Gasteiger charge is -2.36. The third-order valence-electron chi connectivity index (χ3n) is 3.12. The van der Waals surface area contributed by atoms with Crippen molar-refractivity contribution in [1.82, 2.24) is 4.98 Å². The van der Waals surface area contributed by atoms with Gasteiger partial charge in [-0.2, -0.15) is 0 Å². The van der Waals surface area contributed by atoms with Crippen molar-refractivity contribution in [3.8, 4) is 0 Å². The molecule has 0 spiro atoms. The van der Waals surface area contributed by atoms with Gasteiger partial charge in [-0.25, -0.2) is 4.98 Å². The number of hydrogen-bond acceptors (Lipinski definition) is 3. The number of rotatable bonds is 3. The Morgan fingerprint density at radius 2 is 2.27 bits per heavy atom. The van der Waals surface area contributed by atoms with Gasteiger partial charge in [0.15, 0.2) is 0 Å². The highest BCUT2D eigenvalue weighted by Crippen LogP contribution is 2.44. The molecule has 0 bridgehead atoms. The van der Waals surface area contributed by atoms with Crippen LogP contribution in [0.4, 0.5) is 0 Å². The maximum atomic E-state index is 11.2. The molecular formula is C11H15NO2S. The molecule has 0 aliphatic heterocycles. The molecule has 1 aliphatic rings. The summed E-state index contributed by atoms with van der Waals surface area (Å²) in [6.45, 7) is 4.16. The molecule has 0 saturated heterocycles. The van der Waals surface area contributed by atoms with E-state index in [4.69, 9.17) is 0 Å². The lowest BCUT2D eigenvalue weighted by atomic mass is 9.67. The van der Waals surface area contributed by atoms with Crippen LogP contribution in [0.3, 0.4) is 0 Å². The van der Waals surface area contributed by atoms with Crippen LogP contribution in [0.1, 0.15) is 49.7 Å². The highest BCUT2D eigenvalue weighted by molar-refractivity contribution is 7.09. The Kier molecular flexibility index (Phi) is 2.54. The highest BCUT2D eigenvalue weighted by atomic mass is 32.1. The Hall–Kier alpha value is -0.900. The Morgan fingerprint density at radius 3 is 2.60 bits per heavy atom. The van der Waals surface area contributed by atoms with Crippen molar-refractivity contribution >= 4 is 17.3 Å². The molecule has 0 aromatic carbocycles. The predicted octanol–water partition coefficient (Wildman–Crippen LogP) is 2.77. The number of aromatic nitrogens is 1. The molecule has 1 fully saturated rings. The molecule has 82 valence electrons. The van der Waals surface area contributed by atoms with Crippen molar-refractivity contribution < 1.29 is 9.90 Å². The molecule has 1 aromatic rings. The quantitative estimate of drug-likeness (QED) is 0.860. The van der Waals surface area contributed by atoms with E-state index in [1.54, 1.807) is 11.3 Å². The van der Waals surface area contributed by atoms with Gasteiger partial charge in [0, 0.05) is 11.3 Å². The van der Waals surface area contributed by atoms with E-state index in [0.29, 0.717) is 5.92 Å². The molecule has 0 radical (unpaired) electrons. The number of nitrogens with zero attached hydrogens (tertiary/aromatic N) is 1. The largest absolute Gasteiger partial charge is 0.481 e. The van der Waals surface area contributed by atoms with Crippen molar-refractivity contribution in [2.45, 2.75) is 44.4 Å². The second-order valence-electron chi connectivity index (χ2n) is 4.47. The molecule has 1 N–H and O–H groups in total. The number of aliphatic carboxylic acids is 1. The summed E-state index contributed by atoms with van der Waals surface area (Å²) in [7, 11) is 0. The van der Waals surface area contributed by atoms with Crippen LogP contribution in [-0.4, -0.2) is 16.1 Å². The monoisotopic (exact) mass is 225 g/mol. The lowest BCUT2D eigenvalue weighted by molar-refractivity contribution is -0.147. The zero-order valence-electron chi connectivity index (χ0n) is 8.99. The summed E-state index contributed by atoms with van der Waals surface area (Å²) in [6.07, 6.45) is 2.48. The molecule has 3 nitrogen and oxygen atoms in total. The number of hydrogen-bond donors (Lipinski definition) is 1. The number of carboxylic acids is 1. The molecule has 0 atom stereocenters. The van der Waals surface area contributed by atoms with Crippen LogP contribution in [0.2, 0.25) is 0 Å². The number of carbonyl (C=O) groups is 1. The molecule has 1 aliphatic carbocycles. The molecule has 4 heteroatoms. The summed E-state index contributed by atoms with van der Waals surface area (Å²) >= 11 is 1.58. The van der Waals surface area contributed by atoms with Crippen LogP contribution >= 0.6 is 11.3 Å². The van der Waals surface area contributed by atoms with E-state index in [1.807, 2.05) is 5.38 Å². The third kappa shape index (κ3) is 1.57. The Bertz CT molecular complexity index is 380. The zero-order valence-corrected chi connectivity index (χ0v) is 9.80. The van der Waals surface area contributed by atoms with E-state index in [-0.39, 0.29) is 0 Å². The average molecular weight is 225 g/mol. The molecule has 15 heavy (non-hydrogen) atoms. The smallest absolute Gasteiger partial charge is 0.315 e. The first kappa shape index (κ1) is 10.6. The molecule has 0 amide bonds. The summed E-state index contributed by atoms with van der Waals surface area (Å²) in [6, 6.07) is 0. The fourth-order valence-electron chi connectivity index (χ4n) is 1.88. The van der Waals surface area contributed by atoms with Gasteiger partial charge >= 0.3 is 5.97 Å². The lowest BCUT2D eigenvalue weighted by Crippen LogP contribution is -2.42. The molecular weight excluding hydrogens is 210 g/mol. The van der Waals surface area contributed by atoms with Crippen molar-refractivity contribution in [3.63, 3.8) is 0 Å². The van der Waals surface area contributed by atoms with Crippen LogP contribution < -0.4 is 0 Å². The predicted molar refractivity (Wildman–Crippen MR) is 59.4 cm³/mol. The maximum absolute atomic E-state index is 11.2. The summed E-state index contributed by atoms with van der Waals surface area (Å²) < 4.78 is 0. The summed E-state index contributed by atoms with van der Waals surface area (Å²) in [5, 5.41) is 12.2. The first-order chi connectivity index (χ1) is 7.06. The van der Waals surface area contributed by atoms with E-state index in [0.717, 1.165) is 30.0 Å². The van der Waals surface area contributed by atoms with Crippen LogP contribution in [0.5, 0.6) is 0 Å². The van der Waals surface area contributed by atoms with Crippen LogP contribution in [0.15, 0.2) is 5.38 Å². The highest BCUT2D eigenvalue weighted by Gasteiger charge is 2.47. The second-order valence-corrected chi connectivity index (χ2v) is 5.36. The van der Waals surface area contributed by atoms with Crippen molar-refractivity contribution in [3.05, 3.63) is 16.1 Å². The van der Waals surface area contributed by atoms with Crippen LogP contribution in [0, 0.1) is 0 Å². The van der Waals surface area contributed by atoms with Gasteiger partial charge < -0.3 is 5.11 Å². The summed E-state index contributed by atoms with van der Waals surface area (Å²) in [4.78, 5) is 15.7. The Balaban J connectivity index is 2.32. The minimum absolute atomic E-state index is 0.384. The first-order valence-corrected chi connectivity index (χ1v) is 6.13. The maximum Gasteiger partial charge on any atom is 0.315 e. The standard InChI is InChI=1S/C11H15NO2S/c1-7(2)9-12-8(6-15-9)11(10(13)14)4-3-5-11/h6-7H,3-5H2,1-2H3,(H,13,14). The van der Waals surface area contributed by atoms with Gasteiger partial charge in [-0.15, -0.1) is 11.3 Å². The number of thiazole rings is 1. The summed E-state index contributed by atoms with van der Waals surface area (Å²) in [5.41, 5.74) is 0.110. The summed E-state index contributed by atoms with van der Waals surface area (Å²) in [5.74, 6) is -0.330. The van der Waals surface area contributed by atoms with Gasteiger partial charge in [-0.05, 0) is 12.8 Å². The first-order valence-electron chi connectivity index (χ1n) is 5.25. The fourth-order valence-corrected chi connectivity index (χ4v) is 2.82. The molecule has 2 rings (SSSR count). The normalized spacial score (nSPS) is 18.9. The van der Waals surface area contributed by atoms with E-state index >= 15 is 0 Å². The second kappa shape index (κ2) is 3.59. The van der Waals surface area contributed by atoms with Gasteiger partial charge in [0.05, 0.1) is 10.7 Å². The van der Waals surface area contributed by atoms with Gasteiger partial charge in [-0.3, -0.25) is 4.79 Å². The topological polar surface area (TPSA) is 50.2 Å². The van der Waals surface area contributed by atoms with Gasteiger partial charge in [0.1, 0.15) is 5.41 Å². The minimum Gasteiger partial charge on any atom is -0.481 e. The van der Waals surface area contributed by atoms with Crippen LogP contribution in [0.25, 0.3) is 0 Å². The van der Waals surface area contributed by atoms with Gasteiger partial charge in [0.25, 0.3) is 0 Å². The number of carboxylic acid groups (broad SMARTS) is 1. The van der Waals surface area contributed by atoms with E-state index in [1.165, 1.54) is 0 Å².